The average Bonchev–Trinajstić information content (AvgIpc) is 3.24. The largest absolute Gasteiger partial charge is 0.481 e. The summed E-state index contributed by atoms with van der Waals surface area (Å²) in [5.41, 5.74) is -0.0231. The summed E-state index contributed by atoms with van der Waals surface area (Å²) in [5, 5.41) is 20.1. The van der Waals surface area contributed by atoms with Crippen molar-refractivity contribution >= 4 is 29.2 Å². The Morgan fingerprint density at radius 3 is 2.52 bits per heavy atom. The molecule has 1 heterocycles. The Balaban J connectivity index is 1.81. The van der Waals surface area contributed by atoms with Crippen LogP contribution in [0, 0.1) is 27.9 Å². The minimum absolute atomic E-state index is 0.00551. The first-order valence-electron chi connectivity index (χ1n) is 7.34. The predicted octanol–water partition coefficient (Wildman–Crippen LogP) is 2.43. The van der Waals surface area contributed by atoms with Crippen molar-refractivity contribution in [2.45, 2.75) is 12.8 Å². The number of hydrogen-bond acceptors (Lipinski definition) is 4. The molecule has 0 radical (unpaired) electrons. The Morgan fingerprint density at radius 1 is 1.30 bits per heavy atom. The first kappa shape index (κ1) is 15.7. The minimum Gasteiger partial charge on any atom is -0.481 e. The van der Waals surface area contributed by atoms with Crippen LogP contribution in [0.4, 0.5) is 5.69 Å². The molecule has 122 valence electrons. The summed E-state index contributed by atoms with van der Waals surface area (Å²) in [7, 11) is 0. The van der Waals surface area contributed by atoms with E-state index in [9.17, 15) is 24.8 Å². The first-order chi connectivity index (χ1) is 10.9. The second kappa shape index (κ2) is 5.81. The third kappa shape index (κ3) is 3.01. The zero-order valence-electron chi connectivity index (χ0n) is 12.1. The molecule has 0 bridgehead atoms. The van der Waals surface area contributed by atoms with Crippen molar-refractivity contribution in [3.05, 3.63) is 38.9 Å². The van der Waals surface area contributed by atoms with E-state index in [-0.39, 0.29) is 34.6 Å². The van der Waals surface area contributed by atoms with Crippen molar-refractivity contribution in [2.75, 3.05) is 13.1 Å². The van der Waals surface area contributed by atoms with Gasteiger partial charge in [0.1, 0.15) is 0 Å². The van der Waals surface area contributed by atoms with Crippen LogP contribution < -0.4 is 0 Å². The fourth-order valence-corrected chi connectivity index (χ4v) is 3.48. The maximum absolute atomic E-state index is 12.6. The number of amides is 1. The van der Waals surface area contributed by atoms with E-state index in [1.165, 1.54) is 17.0 Å². The van der Waals surface area contributed by atoms with Crippen LogP contribution in [-0.4, -0.2) is 39.9 Å². The molecule has 7 nitrogen and oxygen atoms in total. The zero-order chi connectivity index (χ0) is 16.7. The van der Waals surface area contributed by atoms with E-state index < -0.39 is 16.8 Å². The van der Waals surface area contributed by atoms with Crippen LogP contribution in [0.2, 0.25) is 5.02 Å². The van der Waals surface area contributed by atoms with Gasteiger partial charge in [-0.25, -0.2) is 0 Å². The van der Waals surface area contributed by atoms with Gasteiger partial charge in [-0.3, -0.25) is 19.7 Å². The number of halogens is 1. The molecule has 3 rings (SSSR count). The van der Waals surface area contributed by atoms with E-state index >= 15 is 0 Å². The first-order valence-corrected chi connectivity index (χ1v) is 7.72. The number of carbonyl (C=O) groups excluding carboxylic acids is 1. The van der Waals surface area contributed by atoms with Crippen LogP contribution in [0.25, 0.3) is 0 Å². The summed E-state index contributed by atoms with van der Waals surface area (Å²) in [6.45, 7) is 0.552. The molecule has 0 unspecified atom stereocenters. The van der Waals surface area contributed by atoms with E-state index in [2.05, 4.69) is 0 Å². The van der Waals surface area contributed by atoms with Gasteiger partial charge in [-0.15, -0.1) is 0 Å². The van der Waals surface area contributed by atoms with Crippen LogP contribution in [0.1, 0.15) is 23.2 Å². The minimum atomic E-state index is -0.882. The molecule has 1 saturated carbocycles. The third-order valence-corrected chi connectivity index (χ3v) is 4.90. The van der Waals surface area contributed by atoms with Crippen LogP contribution in [0.5, 0.6) is 0 Å². The van der Waals surface area contributed by atoms with E-state index in [4.69, 9.17) is 11.6 Å². The Bertz CT molecular complexity index is 688. The maximum Gasteiger partial charge on any atom is 0.308 e. The average molecular weight is 339 g/mol. The highest BCUT2D eigenvalue weighted by molar-refractivity contribution is 6.34. The molecular formula is C15H15ClN2O5. The van der Waals surface area contributed by atoms with Gasteiger partial charge < -0.3 is 10.0 Å². The third-order valence-electron chi connectivity index (χ3n) is 4.59. The van der Waals surface area contributed by atoms with E-state index in [0.717, 1.165) is 18.9 Å². The number of benzene rings is 1. The van der Waals surface area contributed by atoms with Gasteiger partial charge in [0.2, 0.25) is 0 Å². The van der Waals surface area contributed by atoms with Crippen molar-refractivity contribution < 1.29 is 19.6 Å². The molecule has 1 aromatic carbocycles. The summed E-state index contributed by atoms with van der Waals surface area (Å²) in [5.74, 6) is -1.45. The number of rotatable bonds is 4. The van der Waals surface area contributed by atoms with Crippen LogP contribution in [-0.2, 0) is 4.79 Å². The lowest BCUT2D eigenvalue weighted by Gasteiger charge is -2.17. The molecule has 1 saturated heterocycles. The molecule has 1 aliphatic carbocycles. The fourth-order valence-electron chi connectivity index (χ4n) is 3.22. The topological polar surface area (TPSA) is 101 Å². The number of nitro groups is 1. The van der Waals surface area contributed by atoms with Crippen molar-refractivity contribution in [2.24, 2.45) is 17.8 Å². The number of nitro benzene ring substituents is 1. The number of carboxylic acids is 1. The number of hydrogen-bond donors (Lipinski definition) is 1. The molecule has 2 fully saturated rings. The van der Waals surface area contributed by atoms with E-state index in [0.29, 0.717) is 12.5 Å². The molecule has 0 aromatic heterocycles. The molecule has 8 heteroatoms. The summed E-state index contributed by atoms with van der Waals surface area (Å²) < 4.78 is 0. The van der Waals surface area contributed by atoms with Crippen molar-refractivity contribution in [1.82, 2.24) is 4.90 Å². The van der Waals surface area contributed by atoms with Crippen molar-refractivity contribution in [3.63, 3.8) is 0 Å². The molecular weight excluding hydrogens is 324 g/mol. The quantitative estimate of drug-likeness (QED) is 0.671. The highest BCUT2D eigenvalue weighted by atomic mass is 35.5. The highest BCUT2D eigenvalue weighted by Crippen LogP contribution is 2.44. The lowest BCUT2D eigenvalue weighted by Crippen LogP contribution is -2.30. The lowest BCUT2D eigenvalue weighted by atomic mass is 9.92. The monoisotopic (exact) mass is 338 g/mol. The van der Waals surface area contributed by atoms with Crippen LogP contribution >= 0.6 is 11.6 Å². The van der Waals surface area contributed by atoms with Gasteiger partial charge >= 0.3 is 5.97 Å². The van der Waals surface area contributed by atoms with Gasteiger partial charge in [0.15, 0.2) is 0 Å². The molecule has 0 spiro atoms. The Labute approximate surface area is 137 Å². The molecule has 2 aliphatic rings. The standard InChI is InChI=1S/C15H15ClN2O5/c16-13-5-9(18(22)23)3-4-10(13)14(19)17-6-11(8-1-2-8)12(7-17)15(20)21/h3-5,8,11-12H,1-2,6-7H2,(H,20,21)/t11-,12+/m1/s1. The van der Waals surface area contributed by atoms with Crippen molar-refractivity contribution in [1.29, 1.82) is 0 Å². The highest BCUT2D eigenvalue weighted by Gasteiger charge is 2.47. The van der Waals surface area contributed by atoms with Gasteiger partial charge in [-0.2, -0.15) is 0 Å². The molecule has 2 atom stereocenters. The van der Waals surface area contributed by atoms with E-state index in [1.807, 2.05) is 0 Å². The Morgan fingerprint density at radius 2 is 2.00 bits per heavy atom. The van der Waals surface area contributed by atoms with Gasteiger partial charge in [0.25, 0.3) is 11.6 Å². The number of non-ortho nitro benzene ring substituents is 1. The number of likely N-dealkylation sites (tertiary alicyclic amines) is 1. The smallest absolute Gasteiger partial charge is 0.308 e. The molecule has 23 heavy (non-hydrogen) atoms. The van der Waals surface area contributed by atoms with Gasteiger partial charge in [-0.05, 0) is 30.7 Å². The van der Waals surface area contributed by atoms with Gasteiger partial charge in [0.05, 0.1) is 21.4 Å². The number of nitrogens with zero attached hydrogens (tertiary/aromatic N) is 2. The van der Waals surface area contributed by atoms with E-state index in [1.54, 1.807) is 0 Å². The number of aliphatic carboxylic acids is 1. The summed E-state index contributed by atoms with van der Waals surface area (Å²) in [4.78, 5) is 35.6. The lowest BCUT2D eigenvalue weighted by molar-refractivity contribution is -0.384. The zero-order valence-corrected chi connectivity index (χ0v) is 12.9. The summed E-state index contributed by atoms with van der Waals surface area (Å²) in [6, 6.07) is 3.68. The summed E-state index contributed by atoms with van der Waals surface area (Å²) >= 11 is 5.99. The second-order valence-corrected chi connectivity index (χ2v) is 6.48. The Hall–Kier alpha value is -2.15. The second-order valence-electron chi connectivity index (χ2n) is 6.08. The molecule has 1 aromatic rings. The normalized spacial score (nSPS) is 23.8. The molecule has 1 amide bonds. The number of carbonyl (C=O) groups is 2. The molecule has 1 aliphatic heterocycles. The van der Waals surface area contributed by atoms with Crippen LogP contribution in [0.15, 0.2) is 18.2 Å². The molecule has 1 N–H and O–H groups in total. The van der Waals surface area contributed by atoms with Crippen LogP contribution in [0.3, 0.4) is 0 Å². The number of carboxylic acid groups (broad SMARTS) is 1. The Kier molecular flexibility index (Phi) is 3.97. The van der Waals surface area contributed by atoms with Gasteiger partial charge in [0, 0.05) is 25.2 Å². The maximum atomic E-state index is 12.6. The fraction of sp³-hybridized carbons (Fsp3) is 0.467. The van der Waals surface area contributed by atoms with Crippen molar-refractivity contribution in [3.8, 4) is 0 Å². The van der Waals surface area contributed by atoms with Gasteiger partial charge in [-0.1, -0.05) is 11.6 Å². The predicted molar refractivity (Wildman–Crippen MR) is 81.3 cm³/mol. The SMILES string of the molecule is O=C(O)[C@H]1CN(C(=O)c2ccc([N+](=O)[O-])cc2Cl)C[C@@H]1C1CC1. The summed E-state index contributed by atoms with van der Waals surface area (Å²) in [6.07, 6.45) is 2.02.